The number of carbonyl (C=O) groups excluding carboxylic acids is 2. The van der Waals surface area contributed by atoms with Crippen molar-refractivity contribution in [1.29, 1.82) is 0 Å². The van der Waals surface area contributed by atoms with E-state index in [1.165, 1.54) is 12.1 Å². The van der Waals surface area contributed by atoms with Crippen LogP contribution in [0.2, 0.25) is 0 Å². The molecule has 1 aliphatic carbocycles. The van der Waals surface area contributed by atoms with Gasteiger partial charge in [0.25, 0.3) is 5.91 Å². The number of aromatic nitrogens is 1. The fourth-order valence-electron chi connectivity index (χ4n) is 5.96. The summed E-state index contributed by atoms with van der Waals surface area (Å²) < 4.78 is 36.2. The van der Waals surface area contributed by atoms with Gasteiger partial charge in [-0.1, -0.05) is 42.5 Å². The maximum atomic E-state index is 13.7. The first-order chi connectivity index (χ1) is 20.2. The number of piperazine rings is 1. The van der Waals surface area contributed by atoms with Crippen molar-refractivity contribution >= 4 is 22.5 Å². The molecule has 3 aromatic carbocycles. The number of likely N-dealkylation sites (N-methyl/N-ethyl adjacent to an activating group) is 1. The second-order valence-electron chi connectivity index (χ2n) is 11.4. The van der Waals surface area contributed by atoms with E-state index in [4.69, 9.17) is 4.98 Å². The minimum Gasteiger partial charge on any atom is -0.395 e. The first-order valence-electron chi connectivity index (χ1n) is 14.1. The molecule has 7 rings (SSSR count). The molecule has 1 aromatic heterocycles. The van der Waals surface area contributed by atoms with Crippen LogP contribution in [0.3, 0.4) is 0 Å². The average molecular weight is 570 g/mol. The number of pyridine rings is 1. The quantitative estimate of drug-likeness (QED) is 0.308. The Balaban J connectivity index is 1.15. The van der Waals surface area contributed by atoms with Crippen LogP contribution in [0.15, 0.2) is 72.8 Å². The Morgan fingerprint density at radius 1 is 0.881 bits per heavy atom. The van der Waals surface area contributed by atoms with E-state index in [1.54, 1.807) is 6.07 Å². The molecule has 1 saturated carbocycles. The van der Waals surface area contributed by atoms with Crippen molar-refractivity contribution in [3.8, 4) is 22.8 Å². The van der Waals surface area contributed by atoms with Gasteiger partial charge in [0.1, 0.15) is 5.78 Å². The van der Waals surface area contributed by atoms with E-state index in [0.29, 0.717) is 42.8 Å². The van der Waals surface area contributed by atoms with Gasteiger partial charge in [-0.05, 0) is 61.2 Å². The Morgan fingerprint density at radius 3 is 2.33 bits per heavy atom. The fourth-order valence-corrected chi connectivity index (χ4v) is 5.96. The Hall–Kier alpha value is -4.37. The van der Waals surface area contributed by atoms with Gasteiger partial charge in [0.15, 0.2) is 11.5 Å². The molecule has 2 fully saturated rings. The van der Waals surface area contributed by atoms with E-state index in [0.717, 1.165) is 35.1 Å². The molecule has 4 aromatic rings. The van der Waals surface area contributed by atoms with Gasteiger partial charge in [-0.15, -0.1) is 8.78 Å². The summed E-state index contributed by atoms with van der Waals surface area (Å²) in [5.41, 5.74) is 2.75. The zero-order chi connectivity index (χ0) is 29.1. The molecule has 1 saturated heterocycles. The van der Waals surface area contributed by atoms with Gasteiger partial charge < -0.3 is 19.3 Å². The van der Waals surface area contributed by atoms with Crippen molar-refractivity contribution in [3.05, 3.63) is 89.6 Å². The number of benzene rings is 3. The number of hydrogen-bond acceptors (Lipinski definition) is 6. The van der Waals surface area contributed by atoms with E-state index in [9.17, 15) is 18.4 Å². The van der Waals surface area contributed by atoms with Crippen LogP contribution in [0.25, 0.3) is 22.0 Å². The number of ketones is 1. The SMILES string of the molecule is CN1CCN(C(=O)c2ccc(-c3nc(CC(=O)C4(c5ccc6c(c5)OC(F)(F)O6)CC4)cc4ccccc34)cc2)CC1. The lowest BCUT2D eigenvalue weighted by atomic mass is 9.88. The van der Waals surface area contributed by atoms with Gasteiger partial charge in [-0.3, -0.25) is 14.6 Å². The van der Waals surface area contributed by atoms with Gasteiger partial charge in [0, 0.05) is 54.8 Å². The lowest BCUT2D eigenvalue weighted by molar-refractivity contribution is -0.286. The Morgan fingerprint density at radius 2 is 1.60 bits per heavy atom. The predicted molar refractivity (Wildman–Crippen MR) is 153 cm³/mol. The Bertz CT molecular complexity index is 1710. The lowest BCUT2D eigenvalue weighted by Crippen LogP contribution is -2.47. The molecule has 9 heteroatoms. The molecule has 3 heterocycles. The first-order valence-corrected chi connectivity index (χ1v) is 14.1. The van der Waals surface area contributed by atoms with Crippen LogP contribution in [0.4, 0.5) is 8.78 Å². The third-order valence-electron chi connectivity index (χ3n) is 8.57. The fraction of sp³-hybridized carbons (Fsp3) is 0.303. The third-order valence-corrected chi connectivity index (χ3v) is 8.57. The molecule has 3 aliphatic rings. The number of amides is 1. The van der Waals surface area contributed by atoms with Crippen molar-refractivity contribution < 1.29 is 27.8 Å². The molecule has 42 heavy (non-hydrogen) atoms. The molecule has 214 valence electrons. The van der Waals surface area contributed by atoms with E-state index >= 15 is 0 Å². The molecule has 0 radical (unpaired) electrons. The number of hydrogen-bond donors (Lipinski definition) is 0. The smallest absolute Gasteiger partial charge is 0.395 e. The van der Waals surface area contributed by atoms with Crippen molar-refractivity contribution in [2.24, 2.45) is 0 Å². The van der Waals surface area contributed by atoms with Gasteiger partial charge in [-0.2, -0.15) is 0 Å². The predicted octanol–water partition coefficient (Wildman–Crippen LogP) is 5.45. The third kappa shape index (κ3) is 4.77. The lowest BCUT2D eigenvalue weighted by Gasteiger charge is -2.32. The summed E-state index contributed by atoms with van der Waals surface area (Å²) in [6, 6.07) is 21.9. The van der Waals surface area contributed by atoms with Crippen LogP contribution >= 0.6 is 0 Å². The van der Waals surface area contributed by atoms with E-state index in [2.05, 4.69) is 21.4 Å². The summed E-state index contributed by atoms with van der Waals surface area (Å²) >= 11 is 0. The van der Waals surface area contributed by atoms with Gasteiger partial charge in [0.2, 0.25) is 0 Å². The number of alkyl halides is 2. The topological polar surface area (TPSA) is 72.0 Å². The van der Waals surface area contributed by atoms with Crippen LogP contribution in [-0.4, -0.2) is 66.0 Å². The summed E-state index contributed by atoms with van der Waals surface area (Å²) in [5.74, 6) is -0.0925. The maximum absolute atomic E-state index is 13.7. The zero-order valence-corrected chi connectivity index (χ0v) is 23.1. The Labute approximate surface area is 241 Å². The molecule has 0 atom stereocenters. The molecule has 0 unspecified atom stereocenters. The van der Waals surface area contributed by atoms with Crippen LogP contribution < -0.4 is 9.47 Å². The van der Waals surface area contributed by atoms with Crippen molar-refractivity contribution in [2.75, 3.05) is 33.2 Å². The number of carbonyl (C=O) groups is 2. The average Bonchev–Trinajstić information content (AvgIpc) is 3.74. The van der Waals surface area contributed by atoms with Crippen molar-refractivity contribution in [2.45, 2.75) is 31.0 Å². The van der Waals surface area contributed by atoms with Gasteiger partial charge in [-0.25, -0.2) is 0 Å². The number of ether oxygens (including phenoxy) is 2. The molecule has 1 amide bonds. The maximum Gasteiger partial charge on any atom is 0.586 e. The summed E-state index contributed by atoms with van der Waals surface area (Å²) in [6.07, 6.45) is -2.35. The van der Waals surface area contributed by atoms with Gasteiger partial charge in [0.05, 0.1) is 11.1 Å². The molecule has 2 aliphatic heterocycles. The number of rotatable bonds is 6. The van der Waals surface area contributed by atoms with Gasteiger partial charge >= 0.3 is 6.29 Å². The highest BCUT2D eigenvalue weighted by atomic mass is 19.3. The second kappa shape index (κ2) is 9.87. The normalized spacial score (nSPS) is 18.7. The molecule has 0 N–H and O–H groups in total. The first kappa shape index (κ1) is 26.5. The Kier molecular flexibility index (Phi) is 6.23. The van der Waals surface area contributed by atoms with E-state index < -0.39 is 11.7 Å². The standard InChI is InChI=1S/C33H29F2N3O4/c1-37-14-16-38(17-15-37)31(40)22-8-6-21(7-9-22)30-26-5-3-2-4-23(26)18-25(36-30)20-29(39)32(12-13-32)24-10-11-27-28(19-24)42-33(34,35)41-27/h2-11,18-19H,12-17,20H2,1H3. The molecule has 0 bridgehead atoms. The summed E-state index contributed by atoms with van der Waals surface area (Å²) in [6.45, 7) is 3.13. The highest BCUT2D eigenvalue weighted by molar-refractivity contribution is 5.99. The largest absolute Gasteiger partial charge is 0.586 e. The number of halogens is 2. The molecular weight excluding hydrogens is 540 g/mol. The number of Topliss-reactive ketones (excluding diaryl/α,β-unsaturated/α-hetero) is 1. The molecule has 0 spiro atoms. The van der Waals surface area contributed by atoms with E-state index in [-0.39, 0.29) is 29.6 Å². The van der Waals surface area contributed by atoms with E-state index in [1.807, 2.05) is 59.5 Å². The zero-order valence-electron chi connectivity index (χ0n) is 23.1. The second-order valence-corrected chi connectivity index (χ2v) is 11.4. The summed E-state index contributed by atoms with van der Waals surface area (Å²) in [7, 11) is 2.06. The highest BCUT2D eigenvalue weighted by Crippen LogP contribution is 2.52. The summed E-state index contributed by atoms with van der Waals surface area (Å²) in [5, 5.41) is 1.91. The van der Waals surface area contributed by atoms with Crippen molar-refractivity contribution in [3.63, 3.8) is 0 Å². The van der Waals surface area contributed by atoms with Crippen LogP contribution in [0.5, 0.6) is 11.5 Å². The number of nitrogens with zero attached hydrogens (tertiary/aromatic N) is 3. The molecule has 7 nitrogen and oxygen atoms in total. The number of fused-ring (bicyclic) bond motifs is 2. The monoisotopic (exact) mass is 569 g/mol. The van der Waals surface area contributed by atoms with Crippen molar-refractivity contribution in [1.82, 2.24) is 14.8 Å². The summed E-state index contributed by atoms with van der Waals surface area (Å²) in [4.78, 5) is 35.8. The highest BCUT2D eigenvalue weighted by Gasteiger charge is 2.52. The van der Waals surface area contributed by atoms with Crippen LogP contribution in [0, 0.1) is 0 Å². The minimum absolute atomic E-state index is 0.0185. The van der Waals surface area contributed by atoms with Crippen LogP contribution in [0.1, 0.15) is 34.5 Å². The molecular formula is C33H29F2N3O4. The minimum atomic E-state index is -3.71. The van der Waals surface area contributed by atoms with Crippen LogP contribution in [-0.2, 0) is 16.6 Å².